The van der Waals surface area contributed by atoms with Crippen molar-refractivity contribution in [3.63, 3.8) is 0 Å². The molecule has 8 heteroatoms. The number of amides is 2. The monoisotopic (exact) mass is 344 g/mol. The van der Waals surface area contributed by atoms with Gasteiger partial charge >= 0.3 is 6.03 Å². The zero-order valence-corrected chi connectivity index (χ0v) is 14.1. The fraction of sp³-hybridized carbons (Fsp3) is 0.353. The molecular weight excluding hydrogens is 323 g/mol. The normalized spacial score (nSPS) is 15.0. The number of urea groups is 1. The van der Waals surface area contributed by atoms with Crippen LogP contribution in [0.25, 0.3) is 0 Å². The lowest BCUT2D eigenvalue weighted by Gasteiger charge is -2.34. The van der Waals surface area contributed by atoms with Crippen molar-refractivity contribution in [3.05, 3.63) is 48.0 Å². The number of pyridine rings is 2. The molecule has 0 spiro atoms. The second-order valence-electron chi connectivity index (χ2n) is 5.92. The van der Waals surface area contributed by atoms with Crippen molar-refractivity contribution in [1.29, 1.82) is 0 Å². The van der Waals surface area contributed by atoms with Gasteiger partial charge in [-0.2, -0.15) is 0 Å². The fourth-order valence-electron chi connectivity index (χ4n) is 2.68. The maximum atomic E-state index is 13.5. The van der Waals surface area contributed by atoms with Crippen LogP contribution < -0.4 is 15.5 Å². The van der Waals surface area contributed by atoms with Crippen molar-refractivity contribution in [3.8, 4) is 0 Å². The largest absolute Gasteiger partial charge is 0.354 e. The number of carbonyl (C=O) groups is 1. The van der Waals surface area contributed by atoms with Crippen LogP contribution in [0.2, 0.25) is 0 Å². The van der Waals surface area contributed by atoms with E-state index in [-0.39, 0.29) is 5.82 Å². The molecule has 0 radical (unpaired) electrons. The van der Waals surface area contributed by atoms with Crippen LogP contribution in [0.1, 0.15) is 5.56 Å². The van der Waals surface area contributed by atoms with Gasteiger partial charge in [0.15, 0.2) is 11.6 Å². The summed E-state index contributed by atoms with van der Waals surface area (Å²) >= 11 is 0. The van der Waals surface area contributed by atoms with E-state index in [1.807, 2.05) is 12.1 Å². The van der Waals surface area contributed by atoms with E-state index in [9.17, 15) is 9.18 Å². The van der Waals surface area contributed by atoms with Crippen molar-refractivity contribution in [2.75, 3.05) is 43.4 Å². The fourth-order valence-corrected chi connectivity index (χ4v) is 2.68. The lowest BCUT2D eigenvalue weighted by Crippen LogP contribution is -2.45. The van der Waals surface area contributed by atoms with Gasteiger partial charge in [-0.25, -0.2) is 19.2 Å². The third-order valence-electron chi connectivity index (χ3n) is 4.10. The molecule has 0 unspecified atom stereocenters. The smallest absolute Gasteiger partial charge is 0.320 e. The molecule has 1 aliphatic heterocycles. The van der Waals surface area contributed by atoms with Crippen LogP contribution in [0.3, 0.4) is 0 Å². The summed E-state index contributed by atoms with van der Waals surface area (Å²) < 4.78 is 13.5. The highest BCUT2D eigenvalue weighted by molar-refractivity contribution is 5.88. The zero-order chi connectivity index (χ0) is 17.6. The number of likely N-dealkylation sites (N-methyl/N-ethyl adjacent to an activating group) is 1. The molecule has 25 heavy (non-hydrogen) atoms. The summed E-state index contributed by atoms with van der Waals surface area (Å²) in [7, 11) is 2.10. The van der Waals surface area contributed by atoms with Gasteiger partial charge in [0.2, 0.25) is 0 Å². The molecule has 132 valence electrons. The van der Waals surface area contributed by atoms with Crippen LogP contribution in [-0.4, -0.2) is 54.1 Å². The van der Waals surface area contributed by atoms with E-state index < -0.39 is 11.8 Å². The first-order valence-corrected chi connectivity index (χ1v) is 8.16. The van der Waals surface area contributed by atoms with Crippen LogP contribution >= 0.6 is 0 Å². The topological polar surface area (TPSA) is 73.4 Å². The molecule has 3 rings (SSSR count). The van der Waals surface area contributed by atoms with Crippen LogP contribution in [0.4, 0.5) is 20.8 Å². The Morgan fingerprint density at radius 2 is 1.88 bits per heavy atom. The van der Waals surface area contributed by atoms with Gasteiger partial charge in [0.05, 0.1) is 0 Å². The Hall–Kier alpha value is -2.74. The summed E-state index contributed by atoms with van der Waals surface area (Å²) in [4.78, 5) is 24.8. The molecule has 0 saturated carbocycles. The van der Waals surface area contributed by atoms with Gasteiger partial charge in [0.25, 0.3) is 0 Å². The average Bonchev–Trinajstić information content (AvgIpc) is 2.63. The quantitative estimate of drug-likeness (QED) is 0.883. The number of nitrogens with one attached hydrogen (secondary N) is 2. The summed E-state index contributed by atoms with van der Waals surface area (Å²) in [6.45, 7) is 4.04. The van der Waals surface area contributed by atoms with Crippen LogP contribution in [0, 0.1) is 5.82 Å². The van der Waals surface area contributed by atoms with Gasteiger partial charge in [-0.1, -0.05) is 6.07 Å². The first kappa shape index (κ1) is 17.1. The second-order valence-corrected chi connectivity index (χ2v) is 5.92. The molecule has 2 N–H and O–H groups in total. The van der Waals surface area contributed by atoms with E-state index in [1.165, 1.54) is 18.3 Å². The number of nitrogens with zero attached hydrogens (tertiary/aromatic N) is 4. The molecule has 0 aromatic carbocycles. The molecule has 3 heterocycles. The summed E-state index contributed by atoms with van der Waals surface area (Å²) in [5.74, 6) is 0.211. The number of halogens is 1. The summed E-state index contributed by atoms with van der Waals surface area (Å²) in [6.07, 6.45) is 3.17. The van der Waals surface area contributed by atoms with E-state index in [4.69, 9.17) is 0 Å². The first-order chi connectivity index (χ1) is 12.1. The number of rotatable bonds is 4. The standard InChI is InChI=1S/C17H21FN6O/c1-23-8-10-24(11-9-23)16-13(4-2-7-20-16)12-21-17(25)22-15-14(18)5-3-6-19-15/h2-7H,8-12H2,1H3,(H2,19,21,22,25). The van der Waals surface area contributed by atoms with Gasteiger partial charge in [-0.15, -0.1) is 0 Å². The molecule has 7 nitrogen and oxygen atoms in total. The van der Waals surface area contributed by atoms with Crippen molar-refractivity contribution in [2.24, 2.45) is 0 Å². The molecule has 0 atom stereocenters. The predicted molar refractivity (Wildman–Crippen MR) is 94.0 cm³/mol. The second kappa shape index (κ2) is 7.89. The van der Waals surface area contributed by atoms with Crippen molar-refractivity contribution in [1.82, 2.24) is 20.2 Å². The lowest BCUT2D eigenvalue weighted by molar-refractivity contribution is 0.251. The van der Waals surface area contributed by atoms with Gasteiger partial charge in [0, 0.05) is 50.7 Å². The third kappa shape index (κ3) is 4.42. The highest BCUT2D eigenvalue weighted by Gasteiger charge is 2.18. The number of hydrogen-bond acceptors (Lipinski definition) is 5. The minimum absolute atomic E-state index is 0.0922. The Balaban J connectivity index is 1.61. The molecular formula is C17H21FN6O. The van der Waals surface area contributed by atoms with E-state index >= 15 is 0 Å². The van der Waals surface area contributed by atoms with Crippen molar-refractivity contribution in [2.45, 2.75) is 6.54 Å². The number of carbonyl (C=O) groups excluding carboxylic acids is 1. The summed E-state index contributed by atoms with van der Waals surface area (Å²) in [6, 6.07) is 5.98. The molecule has 2 amide bonds. The lowest BCUT2D eigenvalue weighted by atomic mass is 10.2. The van der Waals surface area contributed by atoms with Crippen molar-refractivity contribution >= 4 is 17.7 Å². The van der Waals surface area contributed by atoms with E-state index in [0.717, 1.165) is 37.6 Å². The van der Waals surface area contributed by atoms with Crippen LogP contribution in [-0.2, 0) is 6.54 Å². The molecule has 0 aliphatic carbocycles. The van der Waals surface area contributed by atoms with Crippen LogP contribution in [0.5, 0.6) is 0 Å². The molecule has 2 aromatic heterocycles. The molecule has 1 aliphatic rings. The van der Waals surface area contributed by atoms with Gasteiger partial charge in [-0.3, -0.25) is 5.32 Å². The molecule has 1 fully saturated rings. The molecule has 2 aromatic rings. The highest BCUT2D eigenvalue weighted by atomic mass is 19.1. The Morgan fingerprint density at radius 1 is 1.16 bits per heavy atom. The van der Waals surface area contributed by atoms with Gasteiger partial charge in [0.1, 0.15) is 5.82 Å². The van der Waals surface area contributed by atoms with Crippen LogP contribution in [0.15, 0.2) is 36.7 Å². The van der Waals surface area contributed by atoms with Crippen molar-refractivity contribution < 1.29 is 9.18 Å². The van der Waals surface area contributed by atoms with E-state index in [2.05, 4.69) is 37.4 Å². The molecule has 0 bridgehead atoms. The number of hydrogen-bond donors (Lipinski definition) is 2. The first-order valence-electron chi connectivity index (χ1n) is 8.16. The number of aromatic nitrogens is 2. The minimum atomic E-state index is -0.572. The summed E-state index contributed by atoms with van der Waals surface area (Å²) in [5.41, 5.74) is 0.920. The zero-order valence-electron chi connectivity index (χ0n) is 14.1. The predicted octanol–water partition coefficient (Wildman–Crippen LogP) is 1.69. The summed E-state index contributed by atoms with van der Waals surface area (Å²) in [5, 5.41) is 5.14. The maximum Gasteiger partial charge on any atom is 0.320 e. The highest BCUT2D eigenvalue weighted by Crippen LogP contribution is 2.18. The van der Waals surface area contributed by atoms with Gasteiger partial charge in [-0.05, 0) is 25.2 Å². The van der Waals surface area contributed by atoms with E-state index in [1.54, 1.807) is 6.20 Å². The Kier molecular flexibility index (Phi) is 5.39. The average molecular weight is 344 g/mol. The third-order valence-corrected chi connectivity index (χ3v) is 4.10. The Morgan fingerprint density at radius 3 is 2.64 bits per heavy atom. The minimum Gasteiger partial charge on any atom is -0.354 e. The van der Waals surface area contributed by atoms with Gasteiger partial charge < -0.3 is 15.1 Å². The number of anilines is 2. The number of piperazine rings is 1. The van der Waals surface area contributed by atoms with E-state index in [0.29, 0.717) is 6.54 Å². The Bertz CT molecular complexity index is 733. The SMILES string of the molecule is CN1CCN(c2ncccc2CNC(=O)Nc2ncccc2F)CC1. The Labute approximate surface area is 145 Å². The maximum absolute atomic E-state index is 13.5. The molecule has 1 saturated heterocycles.